The molecule has 1 saturated carbocycles. The van der Waals surface area contributed by atoms with E-state index in [1.54, 1.807) is 53.4 Å². The minimum absolute atomic E-state index is 0.0474. The Balaban J connectivity index is 1.28. The molecule has 3 amide bonds. The molecule has 4 atom stereocenters. The minimum atomic E-state index is -0.619. The first kappa shape index (κ1) is 22.6. The summed E-state index contributed by atoms with van der Waals surface area (Å²) in [5.74, 6) is -1.53. The number of nitrogens with zero attached hydrogens (tertiary/aromatic N) is 2. The van der Waals surface area contributed by atoms with Crippen molar-refractivity contribution >= 4 is 46.7 Å². The van der Waals surface area contributed by atoms with Crippen LogP contribution < -0.4 is 14.5 Å². The average Bonchev–Trinajstić information content (AvgIpc) is 3.32. The van der Waals surface area contributed by atoms with Gasteiger partial charge >= 0.3 is 5.97 Å². The van der Waals surface area contributed by atoms with Crippen LogP contribution in [0.1, 0.15) is 32.6 Å². The van der Waals surface area contributed by atoms with Crippen molar-refractivity contribution in [2.75, 3.05) is 16.3 Å². The Morgan fingerprint density at radius 3 is 2.47 bits per heavy atom. The second-order valence-corrected chi connectivity index (χ2v) is 9.88. The molecular weight excluding hydrogens is 456 g/mol. The molecule has 0 radical (unpaired) electrons. The van der Waals surface area contributed by atoms with Gasteiger partial charge in [0.15, 0.2) is 0 Å². The number of rotatable bonds is 4. The van der Waals surface area contributed by atoms with Crippen LogP contribution in [0.15, 0.2) is 48.5 Å². The van der Waals surface area contributed by atoms with E-state index in [-0.39, 0.29) is 48.3 Å². The van der Waals surface area contributed by atoms with Gasteiger partial charge in [0.1, 0.15) is 5.75 Å². The van der Waals surface area contributed by atoms with Crippen molar-refractivity contribution in [1.29, 1.82) is 0 Å². The highest BCUT2D eigenvalue weighted by molar-refractivity contribution is 6.30. The lowest BCUT2D eigenvalue weighted by molar-refractivity contribution is -0.139. The van der Waals surface area contributed by atoms with Crippen LogP contribution in [0.5, 0.6) is 5.75 Å². The van der Waals surface area contributed by atoms with Crippen LogP contribution in [0.2, 0.25) is 5.02 Å². The zero-order valence-electron chi connectivity index (χ0n) is 18.8. The summed E-state index contributed by atoms with van der Waals surface area (Å²) in [5, 5.41) is 0.565. The van der Waals surface area contributed by atoms with E-state index in [0.717, 1.165) is 19.3 Å². The molecule has 0 unspecified atom stereocenters. The fourth-order valence-electron chi connectivity index (χ4n) is 5.27. The largest absolute Gasteiger partial charge is 0.426 e. The van der Waals surface area contributed by atoms with Crippen LogP contribution in [0.3, 0.4) is 0 Å². The summed E-state index contributed by atoms with van der Waals surface area (Å²) in [6.07, 6.45) is 2.44. The fourth-order valence-corrected chi connectivity index (χ4v) is 5.39. The van der Waals surface area contributed by atoms with Gasteiger partial charge in [0.05, 0.1) is 23.4 Å². The molecule has 7 nitrogen and oxygen atoms in total. The fraction of sp³-hybridized carbons (Fsp3) is 0.385. The van der Waals surface area contributed by atoms with Crippen molar-refractivity contribution in [3.8, 4) is 5.75 Å². The predicted molar refractivity (Wildman–Crippen MR) is 126 cm³/mol. The van der Waals surface area contributed by atoms with Crippen LogP contribution in [0, 0.1) is 23.7 Å². The smallest absolute Gasteiger partial charge is 0.316 e. The summed E-state index contributed by atoms with van der Waals surface area (Å²) >= 11 is 5.92. The summed E-state index contributed by atoms with van der Waals surface area (Å²) < 4.78 is 5.57. The zero-order valence-corrected chi connectivity index (χ0v) is 19.5. The normalized spacial score (nSPS) is 26.7. The third-order valence-electron chi connectivity index (χ3n) is 7.08. The molecule has 0 aromatic heterocycles. The monoisotopic (exact) mass is 480 g/mol. The molecule has 2 aromatic carbocycles. The van der Waals surface area contributed by atoms with Gasteiger partial charge in [-0.2, -0.15) is 0 Å². The van der Waals surface area contributed by atoms with Crippen molar-refractivity contribution in [3.05, 3.63) is 53.6 Å². The van der Waals surface area contributed by atoms with Gasteiger partial charge in [-0.3, -0.25) is 19.2 Å². The number of hydrogen-bond donors (Lipinski definition) is 0. The van der Waals surface area contributed by atoms with E-state index < -0.39 is 11.9 Å². The van der Waals surface area contributed by atoms with Gasteiger partial charge in [-0.25, -0.2) is 4.90 Å². The second kappa shape index (κ2) is 8.87. The molecule has 5 rings (SSSR count). The molecule has 2 aromatic rings. The molecule has 2 aliphatic heterocycles. The first-order chi connectivity index (χ1) is 16.3. The van der Waals surface area contributed by atoms with Crippen LogP contribution in [0.25, 0.3) is 0 Å². The summed E-state index contributed by atoms with van der Waals surface area (Å²) in [6, 6.07) is 13.3. The lowest BCUT2D eigenvalue weighted by atomic mass is 9.76. The Bertz CT molecular complexity index is 1160. The maximum atomic E-state index is 13.0. The van der Waals surface area contributed by atoms with Gasteiger partial charge in [-0.05, 0) is 61.6 Å². The molecule has 3 aliphatic rings. The van der Waals surface area contributed by atoms with Gasteiger partial charge in [0.25, 0.3) is 0 Å². The molecule has 1 aliphatic carbocycles. The number of carbonyl (C=O) groups excluding carboxylic acids is 4. The van der Waals surface area contributed by atoms with Crippen molar-refractivity contribution in [2.24, 2.45) is 23.7 Å². The van der Waals surface area contributed by atoms with Crippen molar-refractivity contribution in [1.82, 2.24) is 0 Å². The first-order valence-electron chi connectivity index (χ1n) is 11.6. The van der Waals surface area contributed by atoms with Crippen molar-refractivity contribution in [2.45, 2.75) is 32.6 Å². The Morgan fingerprint density at radius 2 is 1.71 bits per heavy atom. The molecule has 176 valence electrons. The minimum Gasteiger partial charge on any atom is -0.426 e. The van der Waals surface area contributed by atoms with Crippen LogP contribution in [0.4, 0.5) is 11.4 Å². The number of anilines is 2. The molecule has 3 fully saturated rings. The number of imide groups is 1. The van der Waals surface area contributed by atoms with Crippen molar-refractivity contribution in [3.63, 3.8) is 0 Å². The lowest BCUT2D eigenvalue weighted by Crippen LogP contribution is -2.31. The average molecular weight is 481 g/mol. The van der Waals surface area contributed by atoms with E-state index in [9.17, 15) is 19.2 Å². The zero-order chi connectivity index (χ0) is 24.0. The standard InChI is InChI=1S/C26H25ClN2O5/c1-15-5-10-21-22(11-15)25(32)29(24(21)31)19-3-2-4-20(13-19)34-26(33)16-12-23(30)28(14-16)18-8-6-17(27)7-9-18/h2-4,6-9,13,15-16,21-22H,5,10-12,14H2,1H3/t15-,16-,21+,22+/m1/s1. The SMILES string of the molecule is C[C@@H]1CC[C@@H]2C(=O)N(c3cccc(OC(=O)[C@@H]4CC(=O)N(c5ccc(Cl)cc5)C4)c3)C(=O)[C@H]2C1. The summed E-state index contributed by atoms with van der Waals surface area (Å²) in [4.78, 5) is 54.1. The molecule has 2 saturated heterocycles. The van der Waals surface area contributed by atoms with E-state index in [2.05, 4.69) is 6.92 Å². The lowest BCUT2D eigenvalue weighted by Gasteiger charge is -2.25. The third kappa shape index (κ3) is 4.09. The number of carbonyl (C=O) groups is 4. The number of ether oxygens (including phenoxy) is 1. The van der Waals surface area contributed by atoms with E-state index in [1.165, 1.54) is 4.90 Å². The summed E-state index contributed by atoms with van der Waals surface area (Å²) in [5.41, 5.74) is 1.08. The number of amides is 3. The Hall–Kier alpha value is -3.19. The molecule has 8 heteroatoms. The Kier molecular flexibility index (Phi) is 5.90. The molecule has 0 N–H and O–H groups in total. The first-order valence-corrected chi connectivity index (χ1v) is 11.9. The number of fused-ring (bicyclic) bond motifs is 1. The molecule has 0 spiro atoms. The maximum absolute atomic E-state index is 13.0. The van der Waals surface area contributed by atoms with E-state index in [0.29, 0.717) is 22.3 Å². The Morgan fingerprint density at radius 1 is 0.971 bits per heavy atom. The topological polar surface area (TPSA) is 84.0 Å². The number of benzene rings is 2. The van der Waals surface area contributed by atoms with Crippen LogP contribution in [-0.4, -0.2) is 30.2 Å². The summed E-state index contributed by atoms with van der Waals surface area (Å²) in [7, 11) is 0. The number of halogens is 1. The summed E-state index contributed by atoms with van der Waals surface area (Å²) in [6.45, 7) is 2.32. The van der Waals surface area contributed by atoms with Gasteiger partial charge < -0.3 is 9.64 Å². The van der Waals surface area contributed by atoms with E-state index >= 15 is 0 Å². The quantitative estimate of drug-likeness (QED) is 0.371. The van der Waals surface area contributed by atoms with Crippen molar-refractivity contribution < 1.29 is 23.9 Å². The Labute approximate surface area is 202 Å². The maximum Gasteiger partial charge on any atom is 0.316 e. The molecular formula is C26H25ClN2O5. The van der Waals surface area contributed by atoms with E-state index in [4.69, 9.17) is 16.3 Å². The number of hydrogen-bond acceptors (Lipinski definition) is 5. The molecule has 2 heterocycles. The predicted octanol–water partition coefficient (Wildman–Crippen LogP) is 4.22. The highest BCUT2D eigenvalue weighted by Crippen LogP contribution is 2.42. The third-order valence-corrected chi connectivity index (χ3v) is 7.33. The number of esters is 1. The van der Waals surface area contributed by atoms with Gasteiger partial charge in [-0.15, -0.1) is 0 Å². The molecule has 34 heavy (non-hydrogen) atoms. The van der Waals surface area contributed by atoms with Gasteiger partial charge in [0, 0.05) is 29.7 Å². The van der Waals surface area contributed by atoms with E-state index in [1.807, 2.05) is 0 Å². The second-order valence-electron chi connectivity index (χ2n) is 9.44. The highest BCUT2D eigenvalue weighted by atomic mass is 35.5. The van der Waals surface area contributed by atoms with Crippen LogP contribution in [-0.2, 0) is 19.2 Å². The van der Waals surface area contributed by atoms with Gasteiger partial charge in [-0.1, -0.05) is 24.6 Å². The highest BCUT2D eigenvalue weighted by Gasteiger charge is 2.50. The van der Waals surface area contributed by atoms with Crippen LogP contribution >= 0.6 is 11.6 Å². The molecule has 0 bridgehead atoms. The van der Waals surface area contributed by atoms with Gasteiger partial charge in [0.2, 0.25) is 17.7 Å².